The number of ether oxygens (including phenoxy) is 2. The summed E-state index contributed by atoms with van der Waals surface area (Å²) in [5, 5.41) is 5.96. The fourth-order valence-corrected chi connectivity index (χ4v) is 3.68. The molecule has 6 heteroatoms. The van der Waals surface area contributed by atoms with Gasteiger partial charge in [-0.3, -0.25) is 9.59 Å². The molecule has 2 N–H and O–H groups in total. The Morgan fingerprint density at radius 2 is 1.61 bits per heavy atom. The molecule has 1 fully saturated rings. The second kappa shape index (κ2) is 8.33. The van der Waals surface area contributed by atoms with Crippen LogP contribution in [0.4, 0.5) is 5.69 Å². The van der Waals surface area contributed by atoms with Gasteiger partial charge in [0.15, 0.2) is 11.5 Å². The third-order valence-corrected chi connectivity index (χ3v) is 5.16. The van der Waals surface area contributed by atoms with Crippen molar-refractivity contribution in [3.63, 3.8) is 0 Å². The minimum absolute atomic E-state index is 0.148. The second-order valence-corrected chi connectivity index (χ2v) is 7.17. The first-order valence-corrected chi connectivity index (χ1v) is 9.81. The van der Waals surface area contributed by atoms with E-state index in [0.29, 0.717) is 41.5 Å². The molecular weight excluding hydrogens is 356 g/mol. The molecule has 2 aliphatic rings. The van der Waals surface area contributed by atoms with Crippen LogP contribution in [0.15, 0.2) is 42.5 Å². The highest BCUT2D eigenvalue weighted by atomic mass is 16.6. The van der Waals surface area contributed by atoms with Gasteiger partial charge in [-0.25, -0.2) is 0 Å². The molecule has 2 aromatic carbocycles. The van der Waals surface area contributed by atoms with Crippen molar-refractivity contribution < 1.29 is 19.1 Å². The zero-order valence-corrected chi connectivity index (χ0v) is 15.7. The molecule has 1 saturated carbocycles. The predicted molar refractivity (Wildman–Crippen MR) is 106 cm³/mol. The molecule has 2 amide bonds. The van der Waals surface area contributed by atoms with Crippen LogP contribution in [0.5, 0.6) is 11.5 Å². The summed E-state index contributed by atoms with van der Waals surface area (Å²) in [4.78, 5) is 25.5. The average Bonchev–Trinajstić information content (AvgIpc) is 2.74. The molecule has 6 nitrogen and oxygen atoms in total. The monoisotopic (exact) mass is 380 g/mol. The summed E-state index contributed by atoms with van der Waals surface area (Å²) >= 11 is 0. The molecule has 1 heterocycles. The van der Waals surface area contributed by atoms with Gasteiger partial charge < -0.3 is 20.1 Å². The van der Waals surface area contributed by atoms with Gasteiger partial charge in [0.2, 0.25) is 0 Å². The molecule has 146 valence electrons. The summed E-state index contributed by atoms with van der Waals surface area (Å²) in [6.07, 6.45) is 5.55. The first-order chi connectivity index (χ1) is 13.7. The van der Waals surface area contributed by atoms with Crippen LogP contribution < -0.4 is 20.1 Å². The summed E-state index contributed by atoms with van der Waals surface area (Å²) in [7, 11) is 0. The van der Waals surface area contributed by atoms with Gasteiger partial charge in [0.25, 0.3) is 11.8 Å². The number of carbonyl (C=O) groups excluding carboxylic acids is 2. The van der Waals surface area contributed by atoms with Crippen molar-refractivity contribution in [1.82, 2.24) is 5.32 Å². The van der Waals surface area contributed by atoms with E-state index in [2.05, 4.69) is 10.6 Å². The van der Waals surface area contributed by atoms with Crippen molar-refractivity contribution in [3.05, 3.63) is 53.6 Å². The molecule has 1 aliphatic carbocycles. The van der Waals surface area contributed by atoms with Crippen molar-refractivity contribution in [2.75, 3.05) is 18.5 Å². The fourth-order valence-electron chi connectivity index (χ4n) is 3.68. The lowest BCUT2D eigenvalue weighted by atomic mass is 9.95. The highest BCUT2D eigenvalue weighted by Gasteiger charge is 2.20. The Bertz CT molecular complexity index is 875. The molecular formula is C22H24N2O4. The lowest BCUT2D eigenvalue weighted by molar-refractivity contribution is 0.0928. The molecule has 28 heavy (non-hydrogen) atoms. The number of rotatable bonds is 4. The molecule has 0 unspecified atom stereocenters. The maximum absolute atomic E-state index is 12.7. The zero-order valence-electron chi connectivity index (χ0n) is 15.7. The van der Waals surface area contributed by atoms with Crippen LogP contribution in [0.25, 0.3) is 0 Å². The number of hydrogen-bond acceptors (Lipinski definition) is 4. The molecule has 0 bridgehead atoms. The Labute approximate surface area is 164 Å². The van der Waals surface area contributed by atoms with Gasteiger partial charge in [0, 0.05) is 11.6 Å². The lowest BCUT2D eigenvalue weighted by Crippen LogP contribution is -2.36. The number of para-hydroxylation sites is 1. The average molecular weight is 380 g/mol. The van der Waals surface area contributed by atoms with Crippen molar-refractivity contribution >= 4 is 17.5 Å². The van der Waals surface area contributed by atoms with Gasteiger partial charge in [-0.15, -0.1) is 0 Å². The van der Waals surface area contributed by atoms with E-state index in [1.807, 2.05) is 0 Å². The Morgan fingerprint density at radius 3 is 2.43 bits per heavy atom. The number of nitrogens with one attached hydrogen (secondary N) is 2. The lowest BCUT2D eigenvalue weighted by Gasteiger charge is -2.23. The molecule has 1 aliphatic heterocycles. The molecule has 0 saturated heterocycles. The predicted octanol–water partition coefficient (Wildman–Crippen LogP) is 3.77. The molecule has 0 radical (unpaired) electrons. The number of fused-ring (bicyclic) bond motifs is 1. The summed E-state index contributed by atoms with van der Waals surface area (Å²) in [6.45, 7) is 0.963. The summed E-state index contributed by atoms with van der Waals surface area (Å²) in [5.41, 5.74) is 1.42. The summed E-state index contributed by atoms with van der Waals surface area (Å²) in [6, 6.07) is 12.4. The minimum atomic E-state index is -0.296. The quantitative estimate of drug-likeness (QED) is 0.846. The molecule has 0 spiro atoms. The van der Waals surface area contributed by atoms with Gasteiger partial charge in [-0.2, -0.15) is 0 Å². The summed E-state index contributed by atoms with van der Waals surface area (Å²) in [5.74, 6) is 0.747. The van der Waals surface area contributed by atoms with Crippen molar-refractivity contribution in [2.45, 2.75) is 38.1 Å². The first-order valence-electron chi connectivity index (χ1n) is 9.81. The van der Waals surface area contributed by atoms with Crippen LogP contribution in [-0.4, -0.2) is 31.1 Å². The van der Waals surface area contributed by atoms with E-state index in [-0.39, 0.29) is 17.9 Å². The van der Waals surface area contributed by atoms with Crippen LogP contribution in [-0.2, 0) is 0 Å². The van der Waals surface area contributed by atoms with Crippen LogP contribution in [0, 0.1) is 0 Å². The number of amides is 2. The maximum Gasteiger partial charge on any atom is 0.255 e. The van der Waals surface area contributed by atoms with Gasteiger partial charge in [-0.1, -0.05) is 31.4 Å². The van der Waals surface area contributed by atoms with Crippen LogP contribution >= 0.6 is 0 Å². The SMILES string of the molecule is O=C(Nc1ccccc1C(=O)NC1CCCCC1)c1ccc2c(c1)OCCO2. The molecule has 2 aromatic rings. The van der Waals surface area contributed by atoms with Gasteiger partial charge in [-0.05, 0) is 43.2 Å². The third-order valence-electron chi connectivity index (χ3n) is 5.16. The highest BCUT2D eigenvalue weighted by molar-refractivity contribution is 6.09. The van der Waals surface area contributed by atoms with Crippen molar-refractivity contribution in [2.24, 2.45) is 0 Å². The Morgan fingerprint density at radius 1 is 0.857 bits per heavy atom. The normalized spacial score (nSPS) is 16.3. The third kappa shape index (κ3) is 4.11. The first kappa shape index (κ1) is 18.3. The summed E-state index contributed by atoms with van der Waals surface area (Å²) < 4.78 is 11.0. The second-order valence-electron chi connectivity index (χ2n) is 7.17. The number of hydrogen-bond donors (Lipinski definition) is 2. The molecule has 0 atom stereocenters. The Kier molecular flexibility index (Phi) is 5.46. The van der Waals surface area contributed by atoms with E-state index < -0.39 is 0 Å². The van der Waals surface area contributed by atoms with Crippen molar-refractivity contribution in [1.29, 1.82) is 0 Å². The maximum atomic E-state index is 12.7. The van der Waals surface area contributed by atoms with E-state index in [0.717, 1.165) is 25.7 Å². The Hall–Kier alpha value is -3.02. The number of anilines is 1. The number of carbonyl (C=O) groups is 2. The highest BCUT2D eigenvalue weighted by Crippen LogP contribution is 2.31. The Balaban J connectivity index is 1.48. The standard InChI is InChI=1S/C22H24N2O4/c25-21(15-10-11-19-20(14-15)28-13-12-27-19)24-18-9-5-4-8-17(18)22(26)23-16-6-2-1-3-7-16/h4-5,8-11,14,16H,1-3,6-7,12-13H2,(H,23,26)(H,24,25). The zero-order chi connectivity index (χ0) is 19.3. The number of benzene rings is 2. The van der Waals surface area contributed by atoms with Crippen LogP contribution in [0.1, 0.15) is 52.8 Å². The van der Waals surface area contributed by atoms with Gasteiger partial charge in [0.05, 0.1) is 11.3 Å². The largest absolute Gasteiger partial charge is 0.486 e. The topological polar surface area (TPSA) is 76.7 Å². The van der Waals surface area contributed by atoms with Crippen LogP contribution in [0.2, 0.25) is 0 Å². The molecule has 4 rings (SSSR count). The smallest absolute Gasteiger partial charge is 0.255 e. The fraction of sp³-hybridized carbons (Fsp3) is 0.364. The van der Waals surface area contributed by atoms with E-state index in [9.17, 15) is 9.59 Å². The van der Waals surface area contributed by atoms with E-state index >= 15 is 0 Å². The molecule has 0 aromatic heterocycles. The van der Waals surface area contributed by atoms with Gasteiger partial charge >= 0.3 is 0 Å². The van der Waals surface area contributed by atoms with Gasteiger partial charge in [0.1, 0.15) is 13.2 Å². The van der Waals surface area contributed by atoms with Crippen LogP contribution in [0.3, 0.4) is 0 Å². The van der Waals surface area contributed by atoms with E-state index in [1.165, 1.54) is 6.42 Å². The minimum Gasteiger partial charge on any atom is -0.486 e. The van der Waals surface area contributed by atoms with E-state index in [1.54, 1.807) is 42.5 Å². The van der Waals surface area contributed by atoms with E-state index in [4.69, 9.17) is 9.47 Å². The van der Waals surface area contributed by atoms with Crippen molar-refractivity contribution in [3.8, 4) is 11.5 Å².